The normalized spacial score (nSPS) is 19.2. The van der Waals surface area contributed by atoms with E-state index in [0.717, 1.165) is 19.5 Å². The molecule has 3 rings (SSSR count). The zero-order valence-electron chi connectivity index (χ0n) is 12.1. The summed E-state index contributed by atoms with van der Waals surface area (Å²) in [4.78, 5) is 19.2. The van der Waals surface area contributed by atoms with Crippen molar-refractivity contribution in [2.75, 3.05) is 13.1 Å². The Morgan fingerprint density at radius 1 is 1.43 bits per heavy atom. The first kappa shape index (κ1) is 14.7. The van der Waals surface area contributed by atoms with Gasteiger partial charge in [-0.25, -0.2) is 4.98 Å². The topological polar surface area (TPSA) is 37.6 Å². The number of hydrogen-bond donors (Lipinski definition) is 0. The zero-order chi connectivity index (χ0) is 15.1. The van der Waals surface area contributed by atoms with Crippen LogP contribution in [0, 0.1) is 12.8 Å². The van der Waals surface area contributed by atoms with E-state index in [0.29, 0.717) is 33.0 Å². The van der Waals surface area contributed by atoms with Crippen molar-refractivity contribution in [1.82, 2.24) is 14.3 Å². The van der Waals surface area contributed by atoms with Crippen LogP contribution in [0.2, 0.25) is 10.0 Å². The van der Waals surface area contributed by atoms with Crippen LogP contribution in [-0.2, 0) is 0 Å². The lowest BCUT2D eigenvalue weighted by Gasteiger charge is -2.30. The fraction of sp³-hybridized carbons (Fsp3) is 0.467. The van der Waals surface area contributed by atoms with Crippen molar-refractivity contribution >= 4 is 34.8 Å². The molecule has 3 heterocycles. The van der Waals surface area contributed by atoms with Crippen molar-refractivity contribution in [1.29, 1.82) is 0 Å². The summed E-state index contributed by atoms with van der Waals surface area (Å²) in [7, 11) is 0. The first-order valence-corrected chi connectivity index (χ1v) is 7.86. The fourth-order valence-electron chi connectivity index (χ4n) is 2.97. The maximum Gasteiger partial charge on any atom is 0.272 e. The zero-order valence-corrected chi connectivity index (χ0v) is 13.6. The molecule has 2 aromatic heterocycles. The van der Waals surface area contributed by atoms with Crippen LogP contribution in [0.1, 0.15) is 35.9 Å². The summed E-state index contributed by atoms with van der Waals surface area (Å²) in [5.74, 6) is 0.541. The van der Waals surface area contributed by atoms with Crippen molar-refractivity contribution in [3.63, 3.8) is 0 Å². The van der Waals surface area contributed by atoms with E-state index >= 15 is 0 Å². The van der Waals surface area contributed by atoms with Crippen LogP contribution < -0.4 is 0 Å². The molecule has 0 aromatic carbocycles. The average molecular weight is 326 g/mol. The molecule has 1 aliphatic rings. The number of halogens is 2. The number of likely N-dealkylation sites (tertiary alicyclic amines) is 1. The van der Waals surface area contributed by atoms with Gasteiger partial charge < -0.3 is 4.90 Å². The number of imidazole rings is 1. The fourth-order valence-corrected chi connectivity index (χ4v) is 3.48. The van der Waals surface area contributed by atoms with Gasteiger partial charge in [0.05, 0.1) is 15.7 Å². The predicted molar refractivity (Wildman–Crippen MR) is 84.3 cm³/mol. The second kappa shape index (κ2) is 5.50. The number of aryl methyl sites for hydroxylation is 1. The Labute approximate surface area is 133 Å². The second-order valence-corrected chi connectivity index (χ2v) is 6.59. The van der Waals surface area contributed by atoms with E-state index in [-0.39, 0.29) is 5.91 Å². The highest BCUT2D eigenvalue weighted by molar-refractivity contribution is 6.36. The molecule has 1 fully saturated rings. The van der Waals surface area contributed by atoms with Crippen LogP contribution in [0.25, 0.3) is 5.65 Å². The number of fused-ring (bicyclic) bond motifs is 1. The van der Waals surface area contributed by atoms with Crippen molar-refractivity contribution < 1.29 is 4.79 Å². The van der Waals surface area contributed by atoms with Gasteiger partial charge in [-0.1, -0.05) is 30.1 Å². The molecule has 1 amide bonds. The lowest BCUT2D eigenvalue weighted by atomic mass is 10.00. The summed E-state index contributed by atoms with van der Waals surface area (Å²) < 4.78 is 1.71. The van der Waals surface area contributed by atoms with Gasteiger partial charge in [-0.05, 0) is 31.7 Å². The number of aromatic nitrogens is 2. The van der Waals surface area contributed by atoms with Crippen molar-refractivity contribution in [3.05, 3.63) is 33.7 Å². The number of hydrogen-bond acceptors (Lipinski definition) is 2. The van der Waals surface area contributed by atoms with Crippen LogP contribution in [0.15, 0.2) is 12.3 Å². The minimum absolute atomic E-state index is 0.00452. The first-order chi connectivity index (χ1) is 9.97. The maximum atomic E-state index is 12.8. The average Bonchev–Trinajstić information content (AvgIpc) is 2.74. The van der Waals surface area contributed by atoms with Gasteiger partial charge >= 0.3 is 0 Å². The summed E-state index contributed by atoms with van der Waals surface area (Å²) in [5.41, 5.74) is 1.82. The van der Waals surface area contributed by atoms with E-state index < -0.39 is 0 Å². The Morgan fingerprint density at radius 2 is 2.19 bits per heavy atom. The lowest BCUT2D eigenvalue weighted by molar-refractivity contribution is 0.0675. The Balaban J connectivity index is 2.07. The molecule has 112 valence electrons. The molecular formula is C15H17Cl2N3O. The van der Waals surface area contributed by atoms with E-state index in [4.69, 9.17) is 23.2 Å². The number of carbonyl (C=O) groups is 1. The van der Waals surface area contributed by atoms with Crippen molar-refractivity contribution in [3.8, 4) is 0 Å². The van der Waals surface area contributed by atoms with Crippen LogP contribution >= 0.6 is 23.2 Å². The third-order valence-corrected chi connectivity index (χ3v) is 4.45. The summed E-state index contributed by atoms with van der Waals surface area (Å²) in [6, 6.07) is 1.64. The smallest absolute Gasteiger partial charge is 0.272 e. The van der Waals surface area contributed by atoms with Crippen LogP contribution in [0.3, 0.4) is 0 Å². The van der Waals surface area contributed by atoms with E-state index in [9.17, 15) is 4.79 Å². The number of nitrogens with zero attached hydrogens (tertiary/aromatic N) is 3. The number of rotatable bonds is 1. The summed E-state index contributed by atoms with van der Waals surface area (Å²) in [6.07, 6.45) is 3.92. The second-order valence-electron chi connectivity index (χ2n) is 5.74. The van der Waals surface area contributed by atoms with Gasteiger partial charge in [0.2, 0.25) is 0 Å². The monoisotopic (exact) mass is 325 g/mol. The molecule has 6 heteroatoms. The molecule has 21 heavy (non-hydrogen) atoms. The molecule has 1 aliphatic heterocycles. The third-order valence-electron chi connectivity index (χ3n) is 3.96. The predicted octanol–water partition coefficient (Wildman–Crippen LogP) is 3.82. The molecule has 1 atom stereocenters. The Bertz CT molecular complexity index is 710. The van der Waals surface area contributed by atoms with Crippen molar-refractivity contribution in [2.45, 2.75) is 26.7 Å². The first-order valence-electron chi connectivity index (χ1n) is 7.10. The largest absolute Gasteiger partial charge is 0.337 e. The molecule has 0 spiro atoms. The number of pyridine rings is 1. The van der Waals surface area contributed by atoms with Gasteiger partial charge in [0.15, 0.2) is 5.65 Å². The molecule has 0 saturated carbocycles. The minimum Gasteiger partial charge on any atom is -0.337 e. The Kier molecular flexibility index (Phi) is 3.84. The quantitative estimate of drug-likeness (QED) is 0.799. The summed E-state index contributed by atoms with van der Waals surface area (Å²) in [5, 5.41) is 0.947. The molecule has 4 nitrogen and oxygen atoms in total. The highest BCUT2D eigenvalue weighted by atomic mass is 35.5. The van der Waals surface area contributed by atoms with Crippen molar-refractivity contribution in [2.24, 2.45) is 5.92 Å². The van der Waals surface area contributed by atoms with Gasteiger partial charge in [-0.2, -0.15) is 0 Å². The summed E-state index contributed by atoms with van der Waals surface area (Å²) >= 11 is 12.2. The van der Waals surface area contributed by atoms with Crippen LogP contribution in [0.5, 0.6) is 0 Å². The highest BCUT2D eigenvalue weighted by Crippen LogP contribution is 2.26. The van der Waals surface area contributed by atoms with Gasteiger partial charge in [-0.3, -0.25) is 9.20 Å². The molecule has 0 bridgehead atoms. The molecule has 1 unspecified atom stereocenters. The summed E-state index contributed by atoms with van der Waals surface area (Å²) in [6.45, 7) is 5.59. The van der Waals surface area contributed by atoms with Gasteiger partial charge in [-0.15, -0.1) is 0 Å². The molecule has 0 aliphatic carbocycles. The molecule has 1 saturated heterocycles. The molecule has 2 aromatic rings. The minimum atomic E-state index is 0.00452. The molecule has 0 radical (unpaired) electrons. The van der Waals surface area contributed by atoms with Crippen LogP contribution in [-0.4, -0.2) is 33.3 Å². The van der Waals surface area contributed by atoms with Gasteiger partial charge in [0, 0.05) is 19.3 Å². The van der Waals surface area contributed by atoms with Gasteiger partial charge in [0.1, 0.15) is 5.69 Å². The lowest BCUT2D eigenvalue weighted by Crippen LogP contribution is -2.39. The van der Waals surface area contributed by atoms with E-state index in [1.807, 2.05) is 11.8 Å². The molecular weight excluding hydrogens is 309 g/mol. The number of piperidine rings is 1. The van der Waals surface area contributed by atoms with E-state index in [1.54, 1.807) is 16.7 Å². The Hall–Kier alpha value is -1.26. The van der Waals surface area contributed by atoms with Crippen LogP contribution in [0.4, 0.5) is 0 Å². The standard InChI is InChI=1S/C15H17Cl2N3O/c1-9-4-3-5-19(7-9)15(21)13-10(2)18-14-12(17)6-11(16)8-20(13)14/h6,8-9H,3-5,7H2,1-2H3. The molecule has 0 N–H and O–H groups in total. The number of amides is 1. The van der Waals surface area contributed by atoms with Gasteiger partial charge in [0.25, 0.3) is 5.91 Å². The maximum absolute atomic E-state index is 12.8. The Morgan fingerprint density at radius 3 is 2.90 bits per heavy atom. The third kappa shape index (κ3) is 2.62. The highest BCUT2D eigenvalue weighted by Gasteiger charge is 2.26. The van der Waals surface area contributed by atoms with E-state index in [1.165, 1.54) is 6.42 Å². The number of carbonyl (C=O) groups excluding carboxylic acids is 1. The SMILES string of the molecule is Cc1nc2c(Cl)cc(Cl)cn2c1C(=O)N1CCCC(C)C1. The van der Waals surface area contributed by atoms with E-state index in [2.05, 4.69) is 11.9 Å².